The SMILES string of the molecule is COC(=O)C(C#N)c1nc2ccccc2nc1Oc1ccc(S(N)(=O)=O)cc1[N+](=O)[O-]. The van der Waals surface area contributed by atoms with Crippen LogP contribution in [0.5, 0.6) is 11.6 Å². The summed E-state index contributed by atoms with van der Waals surface area (Å²) in [5.41, 5.74) is -0.281. The number of hydrogen-bond donors (Lipinski definition) is 1. The lowest BCUT2D eigenvalue weighted by molar-refractivity contribution is -0.385. The molecule has 13 heteroatoms. The van der Waals surface area contributed by atoms with Crippen LogP contribution in [0.2, 0.25) is 0 Å². The van der Waals surface area contributed by atoms with E-state index in [4.69, 9.17) is 9.88 Å². The molecule has 0 spiro atoms. The molecule has 3 aromatic rings. The van der Waals surface area contributed by atoms with Crippen molar-refractivity contribution in [1.82, 2.24) is 9.97 Å². The molecule has 0 saturated heterocycles. The first-order valence-corrected chi connectivity index (χ1v) is 9.93. The number of sulfonamides is 1. The third-order valence-electron chi connectivity index (χ3n) is 4.07. The summed E-state index contributed by atoms with van der Waals surface area (Å²) in [6, 6.07) is 11.0. The minimum atomic E-state index is -4.21. The van der Waals surface area contributed by atoms with Crippen LogP contribution in [-0.2, 0) is 19.6 Å². The van der Waals surface area contributed by atoms with Crippen molar-refractivity contribution in [3.63, 3.8) is 0 Å². The van der Waals surface area contributed by atoms with Crippen LogP contribution in [0.3, 0.4) is 0 Å². The predicted molar refractivity (Wildman–Crippen MR) is 104 cm³/mol. The summed E-state index contributed by atoms with van der Waals surface area (Å²) in [6.07, 6.45) is 0. The number of nitrogens with zero attached hydrogens (tertiary/aromatic N) is 4. The summed E-state index contributed by atoms with van der Waals surface area (Å²) in [4.78, 5) is 30.6. The smallest absolute Gasteiger partial charge is 0.329 e. The van der Waals surface area contributed by atoms with Gasteiger partial charge in [0.15, 0.2) is 5.92 Å². The van der Waals surface area contributed by atoms with Crippen molar-refractivity contribution < 1.29 is 27.6 Å². The number of ether oxygens (including phenoxy) is 2. The first-order chi connectivity index (χ1) is 14.7. The van der Waals surface area contributed by atoms with E-state index in [9.17, 15) is 28.6 Å². The number of carbonyl (C=O) groups excluding carboxylic acids is 1. The zero-order valence-corrected chi connectivity index (χ0v) is 16.6. The number of esters is 1. The molecule has 1 unspecified atom stereocenters. The molecule has 31 heavy (non-hydrogen) atoms. The van der Waals surface area contributed by atoms with E-state index in [1.807, 2.05) is 0 Å². The Morgan fingerprint density at radius 1 is 1.23 bits per heavy atom. The Hall–Kier alpha value is -4.15. The zero-order valence-electron chi connectivity index (χ0n) is 15.8. The van der Waals surface area contributed by atoms with Gasteiger partial charge in [-0.2, -0.15) is 5.26 Å². The number of nitro groups is 1. The van der Waals surface area contributed by atoms with Crippen molar-refractivity contribution in [2.24, 2.45) is 5.14 Å². The van der Waals surface area contributed by atoms with Gasteiger partial charge in [-0.15, -0.1) is 0 Å². The Balaban J connectivity index is 2.21. The van der Waals surface area contributed by atoms with Gasteiger partial charge in [-0.05, 0) is 24.3 Å². The van der Waals surface area contributed by atoms with Crippen LogP contribution in [0.15, 0.2) is 47.4 Å². The largest absolute Gasteiger partial charge is 0.468 e. The maximum atomic E-state index is 12.1. The standard InChI is InChI=1S/C18H13N5O7S/c1-29-18(24)11(9-19)16-17(22-13-5-3-2-4-12(13)21-16)30-15-7-6-10(31(20,27)28)8-14(15)23(25)26/h2-8,11H,1H3,(H2,20,27,28). The van der Waals surface area contributed by atoms with E-state index in [2.05, 4.69) is 14.7 Å². The number of fused-ring (bicyclic) bond motifs is 1. The van der Waals surface area contributed by atoms with Crippen molar-refractivity contribution in [2.75, 3.05) is 7.11 Å². The molecule has 0 aliphatic rings. The van der Waals surface area contributed by atoms with Gasteiger partial charge in [0.2, 0.25) is 21.7 Å². The van der Waals surface area contributed by atoms with E-state index in [-0.39, 0.29) is 11.6 Å². The van der Waals surface area contributed by atoms with Gasteiger partial charge >= 0.3 is 11.7 Å². The molecular weight excluding hydrogens is 430 g/mol. The first kappa shape index (κ1) is 21.6. The summed E-state index contributed by atoms with van der Waals surface area (Å²) >= 11 is 0. The summed E-state index contributed by atoms with van der Waals surface area (Å²) in [7, 11) is -3.13. The molecule has 3 rings (SSSR count). The number of para-hydroxylation sites is 2. The molecule has 158 valence electrons. The molecule has 0 saturated carbocycles. The number of nitro benzene ring substituents is 1. The Morgan fingerprint density at radius 3 is 2.42 bits per heavy atom. The fourth-order valence-electron chi connectivity index (χ4n) is 2.61. The van der Waals surface area contributed by atoms with Gasteiger partial charge in [-0.25, -0.2) is 23.5 Å². The highest BCUT2D eigenvalue weighted by atomic mass is 32.2. The second-order valence-electron chi connectivity index (χ2n) is 6.02. The molecule has 0 bridgehead atoms. The number of carbonyl (C=O) groups is 1. The van der Waals surface area contributed by atoms with E-state index >= 15 is 0 Å². The van der Waals surface area contributed by atoms with Gasteiger partial charge in [0.1, 0.15) is 5.69 Å². The molecular formula is C18H13N5O7S. The van der Waals surface area contributed by atoms with Crippen LogP contribution in [0.4, 0.5) is 5.69 Å². The van der Waals surface area contributed by atoms with Crippen molar-refractivity contribution in [2.45, 2.75) is 10.8 Å². The number of hydrogen-bond acceptors (Lipinski definition) is 10. The van der Waals surface area contributed by atoms with Crippen molar-refractivity contribution in [3.8, 4) is 17.7 Å². The average molecular weight is 443 g/mol. The van der Waals surface area contributed by atoms with E-state index in [0.717, 1.165) is 25.3 Å². The Kier molecular flexibility index (Phi) is 5.77. The van der Waals surface area contributed by atoms with Crippen LogP contribution in [-0.4, -0.2) is 36.4 Å². The molecule has 0 radical (unpaired) electrons. The lowest BCUT2D eigenvalue weighted by atomic mass is 10.1. The summed E-state index contributed by atoms with van der Waals surface area (Å²) in [5.74, 6) is -3.22. The average Bonchev–Trinajstić information content (AvgIpc) is 2.73. The minimum absolute atomic E-state index is 0.224. The van der Waals surface area contributed by atoms with Crippen LogP contribution in [0.1, 0.15) is 11.6 Å². The van der Waals surface area contributed by atoms with Crippen LogP contribution in [0, 0.1) is 21.4 Å². The van der Waals surface area contributed by atoms with Crippen molar-refractivity contribution >= 4 is 32.7 Å². The molecule has 1 atom stereocenters. The quantitative estimate of drug-likeness (QED) is 0.334. The van der Waals surface area contributed by atoms with Gasteiger partial charge < -0.3 is 9.47 Å². The molecule has 2 aromatic carbocycles. The number of benzene rings is 2. The predicted octanol–water partition coefficient (Wildman–Crippen LogP) is 1.76. The number of primary sulfonamides is 1. The van der Waals surface area contributed by atoms with E-state index in [0.29, 0.717) is 11.0 Å². The normalized spacial score (nSPS) is 12.0. The van der Waals surface area contributed by atoms with Crippen molar-refractivity contribution in [3.05, 3.63) is 58.3 Å². The number of nitriles is 1. The third-order valence-corrected chi connectivity index (χ3v) is 4.98. The highest BCUT2D eigenvalue weighted by molar-refractivity contribution is 7.89. The molecule has 0 aliphatic carbocycles. The summed E-state index contributed by atoms with van der Waals surface area (Å²) < 4.78 is 33.2. The third kappa shape index (κ3) is 4.39. The lowest BCUT2D eigenvalue weighted by Crippen LogP contribution is -2.16. The van der Waals surface area contributed by atoms with Gasteiger partial charge in [0, 0.05) is 6.07 Å². The van der Waals surface area contributed by atoms with Crippen LogP contribution >= 0.6 is 0 Å². The van der Waals surface area contributed by atoms with E-state index in [1.165, 1.54) is 0 Å². The van der Waals surface area contributed by atoms with Gasteiger partial charge in [0.25, 0.3) is 0 Å². The highest BCUT2D eigenvalue weighted by Crippen LogP contribution is 2.36. The highest BCUT2D eigenvalue weighted by Gasteiger charge is 2.30. The monoisotopic (exact) mass is 443 g/mol. The Labute approximate surface area is 175 Å². The van der Waals surface area contributed by atoms with Gasteiger partial charge in [0.05, 0.1) is 34.0 Å². The second kappa shape index (κ2) is 8.30. The Morgan fingerprint density at radius 2 is 1.87 bits per heavy atom. The van der Waals surface area contributed by atoms with E-state index < -0.39 is 43.2 Å². The Bertz CT molecular complexity index is 1350. The number of aromatic nitrogens is 2. The molecule has 2 N–H and O–H groups in total. The summed E-state index contributed by atoms with van der Waals surface area (Å²) in [6.45, 7) is 0. The molecule has 1 aromatic heterocycles. The van der Waals surface area contributed by atoms with Crippen LogP contribution < -0.4 is 9.88 Å². The first-order valence-electron chi connectivity index (χ1n) is 8.39. The lowest BCUT2D eigenvalue weighted by Gasteiger charge is -2.13. The second-order valence-corrected chi connectivity index (χ2v) is 7.58. The number of rotatable bonds is 6. The molecule has 0 amide bonds. The maximum absolute atomic E-state index is 12.1. The molecule has 1 heterocycles. The fraction of sp³-hybridized carbons (Fsp3) is 0.111. The molecule has 0 aliphatic heterocycles. The molecule has 12 nitrogen and oxygen atoms in total. The minimum Gasteiger partial charge on any atom is -0.468 e. The number of nitrogens with two attached hydrogens (primary N) is 1. The fourth-order valence-corrected chi connectivity index (χ4v) is 3.14. The zero-order chi connectivity index (χ0) is 22.8. The summed E-state index contributed by atoms with van der Waals surface area (Å²) in [5, 5.41) is 25.9. The molecule has 0 fully saturated rings. The topological polar surface area (TPSA) is 188 Å². The number of methoxy groups -OCH3 is 1. The van der Waals surface area contributed by atoms with Crippen LogP contribution in [0.25, 0.3) is 11.0 Å². The van der Waals surface area contributed by atoms with Crippen molar-refractivity contribution in [1.29, 1.82) is 5.26 Å². The maximum Gasteiger partial charge on any atom is 0.329 e. The van der Waals surface area contributed by atoms with Gasteiger partial charge in [-0.3, -0.25) is 14.9 Å². The van der Waals surface area contributed by atoms with Gasteiger partial charge in [-0.1, -0.05) is 12.1 Å². The van der Waals surface area contributed by atoms with E-state index in [1.54, 1.807) is 30.3 Å².